The van der Waals surface area contributed by atoms with Crippen LogP contribution >= 0.6 is 0 Å². The summed E-state index contributed by atoms with van der Waals surface area (Å²) in [6, 6.07) is 8.10. The Morgan fingerprint density at radius 2 is 1.75 bits per heavy atom. The standard InChI is InChI=1S/C19H20N4O7S2/c1-22-9-3-4-18(22)21-32(29,30)16-7-5-14(6-8-16)20-19(24)13-10-15(23(25)26)12-17(11-13)31(2,27)28/h5-8,10-12H,3-4,9H2,1-2H3,(H,20,24)/b21-18+. The Morgan fingerprint density at radius 3 is 2.28 bits per heavy atom. The molecule has 0 unspecified atom stereocenters. The van der Waals surface area contributed by atoms with Crippen LogP contribution in [0.4, 0.5) is 11.4 Å². The summed E-state index contributed by atoms with van der Waals surface area (Å²) in [6.07, 6.45) is 2.27. The minimum atomic E-state index is -3.92. The van der Waals surface area contributed by atoms with Gasteiger partial charge in [0, 0.05) is 49.7 Å². The normalized spacial score (nSPS) is 15.7. The van der Waals surface area contributed by atoms with Gasteiger partial charge in [-0.2, -0.15) is 8.42 Å². The summed E-state index contributed by atoms with van der Waals surface area (Å²) < 4.78 is 52.4. The first-order valence-corrected chi connectivity index (χ1v) is 12.7. The molecule has 0 spiro atoms. The van der Waals surface area contributed by atoms with Crippen LogP contribution in [0.25, 0.3) is 0 Å². The molecule has 0 atom stereocenters. The van der Waals surface area contributed by atoms with E-state index in [4.69, 9.17) is 0 Å². The highest BCUT2D eigenvalue weighted by Crippen LogP contribution is 2.23. The van der Waals surface area contributed by atoms with Crippen molar-refractivity contribution in [1.29, 1.82) is 0 Å². The maximum atomic E-state index is 12.5. The lowest BCUT2D eigenvalue weighted by Gasteiger charge is -2.11. The number of nitro benzene ring substituents is 1. The molecule has 1 aliphatic rings. The van der Waals surface area contributed by atoms with Crippen molar-refractivity contribution >= 4 is 43.0 Å². The zero-order valence-corrected chi connectivity index (χ0v) is 18.8. The summed E-state index contributed by atoms with van der Waals surface area (Å²) in [7, 11) is -5.94. The molecule has 1 N–H and O–H groups in total. The van der Waals surface area contributed by atoms with Crippen LogP contribution in [0.1, 0.15) is 23.2 Å². The summed E-state index contributed by atoms with van der Waals surface area (Å²) in [4.78, 5) is 24.2. The second-order valence-corrected chi connectivity index (χ2v) is 10.9. The second-order valence-electron chi connectivity index (χ2n) is 7.23. The van der Waals surface area contributed by atoms with Crippen molar-refractivity contribution in [2.45, 2.75) is 22.6 Å². The molecule has 1 aliphatic heterocycles. The van der Waals surface area contributed by atoms with E-state index in [-0.39, 0.29) is 21.0 Å². The average molecular weight is 481 g/mol. The Morgan fingerprint density at radius 1 is 1.09 bits per heavy atom. The van der Waals surface area contributed by atoms with Gasteiger partial charge in [-0.3, -0.25) is 14.9 Å². The van der Waals surface area contributed by atoms with E-state index in [0.29, 0.717) is 12.3 Å². The van der Waals surface area contributed by atoms with Gasteiger partial charge >= 0.3 is 0 Å². The Bertz CT molecular complexity index is 1320. The van der Waals surface area contributed by atoms with E-state index in [1.54, 1.807) is 11.9 Å². The number of sulfone groups is 1. The highest BCUT2D eigenvalue weighted by molar-refractivity contribution is 7.90. The van der Waals surface area contributed by atoms with Gasteiger partial charge in [-0.25, -0.2) is 8.42 Å². The fourth-order valence-corrected chi connectivity index (χ4v) is 4.82. The molecule has 1 amide bonds. The van der Waals surface area contributed by atoms with Gasteiger partial charge < -0.3 is 10.2 Å². The predicted octanol–water partition coefficient (Wildman–Crippen LogP) is 2.06. The third-order valence-electron chi connectivity index (χ3n) is 4.76. The van der Waals surface area contributed by atoms with Crippen LogP contribution in [-0.2, 0) is 19.9 Å². The Balaban J connectivity index is 1.84. The fraction of sp³-hybridized carbons (Fsp3) is 0.263. The van der Waals surface area contributed by atoms with Gasteiger partial charge in [0.15, 0.2) is 9.84 Å². The lowest BCUT2D eigenvalue weighted by molar-refractivity contribution is -0.385. The van der Waals surface area contributed by atoms with Gasteiger partial charge in [0.05, 0.1) is 14.7 Å². The first-order chi connectivity index (χ1) is 14.9. The zero-order chi connectivity index (χ0) is 23.7. The van der Waals surface area contributed by atoms with Crippen molar-refractivity contribution in [1.82, 2.24) is 4.90 Å². The molecule has 0 aliphatic carbocycles. The summed E-state index contributed by atoms with van der Waals surface area (Å²) in [5.74, 6) is -0.309. The van der Waals surface area contributed by atoms with E-state index >= 15 is 0 Å². The van der Waals surface area contributed by atoms with Crippen LogP contribution in [-0.4, -0.2) is 58.2 Å². The molecule has 1 saturated heterocycles. The molecule has 1 heterocycles. The number of rotatable bonds is 6. The van der Waals surface area contributed by atoms with Crippen LogP contribution in [0.5, 0.6) is 0 Å². The first kappa shape index (κ1) is 23.3. The van der Waals surface area contributed by atoms with Crippen molar-refractivity contribution in [3.05, 3.63) is 58.1 Å². The van der Waals surface area contributed by atoms with Crippen LogP contribution < -0.4 is 5.32 Å². The van der Waals surface area contributed by atoms with E-state index in [0.717, 1.165) is 37.4 Å². The summed E-state index contributed by atoms with van der Waals surface area (Å²) in [5.41, 5.74) is -0.561. The van der Waals surface area contributed by atoms with Gasteiger partial charge in [-0.05, 0) is 36.8 Å². The zero-order valence-electron chi connectivity index (χ0n) is 17.2. The van der Waals surface area contributed by atoms with Crippen LogP contribution in [0.2, 0.25) is 0 Å². The molecular weight excluding hydrogens is 460 g/mol. The molecule has 0 aromatic heterocycles. The third kappa shape index (κ3) is 5.29. The SMILES string of the molecule is CN1CCC/C1=N\S(=O)(=O)c1ccc(NC(=O)c2cc([N+](=O)[O-])cc(S(C)(=O)=O)c2)cc1. The molecule has 32 heavy (non-hydrogen) atoms. The lowest BCUT2D eigenvalue weighted by Crippen LogP contribution is -2.20. The number of hydrogen-bond acceptors (Lipinski definition) is 7. The average Bonchev–Trinajstić information content (AvgIpc) is 3.11. The fourth-order valence-electron chi connectivity index (χ4n) is 3.05. The number of amidine groups is 1. The van der Waals surface area contributed by atoms with Gasteiger partial charge in [0.1, 0.15) is 5.84 Å². The molecule has 1 fully saturated rings. The van der Waals surface area contributed by atoms with Gasteiger partial charge in [-0.15, -0.1) is 4.40 Å². The molecule has 2 aromatic rings. The second kappa shape index (κ2) is 8.67. The highest BCUT2D eigenvalue weighted by Gasteiger charge is 2.21. The predicted molar refractivity (Wildman–Crippen MR) is 117 cm³/mol. The molecule has 11 nitrogen and oxygen atoms in total. The molecule has 0 bridgehead atoms. The summed E-state index contributed by atoms with van der Waals surface area (Å²) in [6.45, 7) is 0.734. The smallest absolute Gasteiger partial charge is 0.283 e. The number of carbonyl (C=O) groups excluding carboxylic acids is 1. The minimum Gasteiger partial charge on any atom is -0.362 e. The monoisotopic (exact) mass is 480 g/mol. The number of nitrogens with zero attached hydrogens (tertiary/aromatic N) is 3. The van der Waals surface area contributed by atoms with E-state index < -0.39 is 36.4 Å². The number of hydrogen-bond donors (Lipinski definition) is 1. The molecule has 0 radical (unpaired) electrons. The maximum absolute atomic E-state index is 12.5. The molecule has 170 valence electrons. The van der Waals surface area contributed by atoms with Crippen molar-refractivity contribution in [3.8, 4) is 0 Å². The lowest BCUT2D eigenvalue weighted by atomic mass is 10.2. The van der Waals surface area contributed by atoms with Gasteiger partial charge in [0.25, 0.3) is 21.6 Å². The van der Waals surface area contributed by atoms with Crippen LogP contribution in [0, 0.1) is 10.1 Å². The number of non-ortho nitro benzene ring substituents is 1. The highest BCUT2D eigenvalue weighted by atomic mass is 32.2. The number of anilines is 1. The number of carbonyl (C=O) groups is 1. The Kier molecular flexibility index (Phi) is 6.32. The van der Waals surface area contributed by atoms with Crippen molar-refractivity contribution < 1.29 is 26.6 Å². The number of amides is 1. The number of nitrogens with one attached hydrogen (secondary N) is 1. The van der Waals surface area contributed by atoms with E-state index in [9.17, 15) is 31.7 Å². The summed E-state index contributed by atoms with van der Waals surface area (Å²) >= 11 is 0. The Labute approximate surface area is 184 Å². The molecule has 0 saturated carbocycles. The van der Waals surface area contributed by atoms with E-state index in [1.807, 2.05) is 0 Å². The first-order valence-electron chi connectivity index (χ1n) is 9.33. The molecular formula is C19H20N4O7S2. The number of sulfonamides is 1. The Hall–Kier alpha value is -3.32. The number of likely N-dealkylation sites (tertiary alicyclic amines) is 1. The van der Waals surface area contributed by atoms with E-state index in [2.05, 4.69) is 9.71 Å². The van der Waals surface area contributed by atoms with Crippen molar-refractivity contribution in [3.63, 3.8) is 0 Å². The minimum absolute atomic E-state index is 0.0574. The molecule has 2 aromatic carbocycles. The van der Waals surface area contributed by atoms with Gasteiger partial charge in [0.2, 0.25) is 0 Å². The number of benzene rings is 2. The topological polar surface area (TPSA) is 156 Å². The number of nitro groups is 1. The molecule has 13 heteroatoms. The van der Waals surface area contributed by atoms with Crippen LogP contribution in [0.3, 0.4) is 0 Å². The van der Waals surface area contributed by atoms with E-state index in [1.165, 1.54) is 24.3 Å². The van der Waals surface area contributed by atoms with Crippen molar-refractivity contribution in [2.75, 3.05) is 25.2 Å². The maximum Gasteiger partial charge on any atom is 0.283 e. The van der Waals surface area contributed by atoms with Crippen molar-refractivity contribution in [2.24, 2.45) is 4.40 Å². The summed E-state index contributed by atoms with van der Waals surface area (Å²) in [5, 5.41) is 13.6. The molecule has 3 rings (SSSR count). The van der Waals surface area contributed by atoms with Gasteiger partial charge in [-0.1, -0.05) is 0 Å². The quantitative estimate of drug-likeness (QED) is 0.486. The van der Waals surface area contributed by atoms with Crippen LogP contribution in [0.15, 0.2) is 56.7 Å². The third-order valence-corrected chi connectivity index (χ3v) is 7.17. The largest absolute Gasteiger partial charge is 0.362 e.